The van der Waals surface area contributed by atoms with Crippen molar-refractivity contribution in [1.82, 2.24) is 9.88 Å². The number of benzene rings is 1. The van der Waals surface area contributed by atoms with Crippen LogP contribution in [0.5, 0.6) is 0 Å². The van der Waals surface area contributed by atoms with E-state index < -0.39 is 0 Å². The molecule has 0 amide bonds. The van der Waals surface area contributed by atoms with Crippen LogP contribution in [-0.4, -0.2) is 22.5 Å². The Morgan fingerprint density at radius 3 is 2.57 bits per heavy atom. The first kappa shape index (κ1) is 16.2. The number of fused-ring (bicyclic) bond motifs is 1. The van der Waals surface area contributed by atoms with E-state index in [1.807, 2.05) is 0 Å². The second-order valence-electron chi connectivity index (χ2n) is 6.15. The maximum Gasteiger partial charge on any atom is 0.181 e. The Hall–Kier alpha value is -1.13. The summed E-state index contributed by atoms with van der Waals surface area (Å²) >= 11 is 1.58. The summed E-state index contributed by atoms with van der Waals surface area (Å²) in [6.45, 7) is 11.3. The Kier molecular flexibility index (Phi) is 5.59. The molecule has 1 heterocycles. The fraction of sp³-hybridized carbons (Fsp3) is 0.588. The van der Waals surface area contributed by atoms with E-state index in [0.29, 0.717) is 17.1 Å². The third-order valence-corrected chi connectivity index (χ3v) is 4.76. The highest BCUT2D eigenvalue weighted by molar-refractivity contribution is 7.22. The number of nitrogens with two attached hydrogens (primary N) is 1. The Bertz CT molecular complexity index is 572. The fourth-order valence-electron chi connectivity index (χ4n) is 2.94. The fourth-order valence-corrected chi connectivity index (χ4v) is 3.73. The lowest BCUT2D eigenvalue weighted by molar-refractivity contribution is 0.157. The summed E-state index contributed by atoms with van der Waals surface area (Å²) in [6, 6.07) is 7.20. The van der Waals surface area contributed by atoms with Crippen LogP contribution in [0.3, 0.4) is 0 Å². The van der Waals surface area contributed by atoms with Gasteiger partial charge in [-0.3, -0.25) is 4.90 Å². The summed E-state index contributed by atoms with van der Waals surface area (Å²) in [5.41, 5.74) is 8.17. The number of hydrogen-bond acceptors (Lipinski definition) is 4. The van der Waals surface area contributed by atoms with Crippen LogP contribution in [0, 0.1) is 5.92 Å². The van der Waals surface area contributed by atoms with Crippen LogP contribution >= 0.6 is 11.3 Å². The van der Waals surface area contributed by atoms with Crippen molar-refractivity contribution in [1.29, 1.82) is 0 Å². The summed E-state index contributed by atoms with van der Waals surface area (Å²) in [5, 5.41) is 0.654. The van der Waals surface area contributed by atoms with E-state index in [-0.39, 0.29) is 0 Å². The second kappa shape index (κ2) is 7.23. The van der Waals surface area contributed by atoms with Crippen molar-refractivity contribution < 1.29 is 0 Å². The smallest absolute Gasteiger partial charge is 0.181 e. The van der Waals surface area contributed by atoms with Crippen molar-refractivity contribution in [3.63, 3.8) is 0 Å². The van der Waals surface area contributed by atoms with Gasteiger partial charge in [0.15, 0.2) is 5.13 Å². The Morgan fingerprint density at radius 2 is 1.95 bits per heavy atom. The lowest BCUT2D eigenvalue weighted by atomic mass is 10.1. The van der Waals surface area contributed by atoms with E-state index in [4.69, 9.17) is 5.73 Å². The number of hydrogen-bond donors (Lipinski definition) is 1. The van der Waals surface area contributed by atoms with Gasteiger partial charge in [0.1, 0.15) is 0 Å². The van der Waals surface area contributed by atoms with Gasteiger partial charge in [-0.05, 0) is 36.5 Å². The van der Waals surface area contributed by atoms with E-state index in [9.17, 15) is 0 Å². The highest BCUT2D eigenvalue weighted by atomic mass is 32.1. The summed E-state index contributed by atoms with van der Waals surface area (Å²) in [6.07, 6.45) is 2.41. The molecule has 1 aromatic carbocycles. The first-order chi connectivity index (χ1) is 10.0. The minimum absolute atomic E-state index is 0.654. The summed E-state index contributed by atoms with van der Waals surface area (Å²) < 4.78 is 1.19. The van der Waals surface area contributed by atoms with Gasteiger partial charge in [-0.2, -0.15) is 0 Å². The van der Waals surface area contributed by atoms with E-state index >= 15 is 0 Å². The van der Waals surface area contributed by atoms with E-state index in [1.54, 1.807) is 11.3 Å². The van der Waals surface area contributed by atoms with Crippen LogP contribution in [-0.2, 0) is 6.54 Å². The normalized spacial score (nSPS) is 12.1. The number of aromatic nitrogens is 1. The monoisotopic (exact) mass is 305 g/mol. The first-order valence-corrected chi connectivity index (χ1v) is 8.74. The first-order valence-electron chi connectivity index (χ1n) is 7.92. The van der Waals surface area contributed by atoms with Gasteiger partial charge in [0, 0.05) is 19.1 Å². The number of nitrogens with zero attached hydrogens (tertiary/aromatic N) is 2. The maximum atomic E-state index is 5.80. The van der Waals surface area contributed by atoms with Crippen LogP contribution in [0.25, 0.3) is 10.2 Å². The molecule has 0 saturated heterocycles. The lowest BCUT2D eigenvalue weighted by Crippen LogP contribution is -2.36. The Balaban J connectivity index is 2.20. The molecule has 116 valence electrons. The average molecular weight is 305 g/mol. The van der Waals surface area contributed by atoms with Gasteiger partial charge in [0.25, 0.3) is 0 Å². The molecule has 0 aliphatic heterocycles. The van der Waals surface area contributed by atoms with Crippen LogP contribution < -0.4 is 5.73 Å². The number of anilines is 1. The Morgan fingerprint density at radius 1 is 1.24 bits per heavy atom. The van der Waals surface area contributed by atoms with Gasteiger partial charge in [0.2, 0.25) is 0 Å². The second-order valence-corrected chi connectivity index (χ2v) is 7.21. The molecule has 21 heavy (non-hydrogen) atoms. The molecule has 0 radical (unpaired) electrons. The van der Waals surface area contributed by atoms with Gasteiger partial charge >= 0.3 is 0 Å². The summed E-state index contributed by atoms with van der Waals surface area (Å²) in [5.74, 6) is 0.688. The van der Waals surface area contributed by atoms with Crippen molar-refractivity contribution in [2.45, 2.75) is 53.1 Å². The molecule has 0 aliphatic rings. The van der Waals surface area contributed by atoms with Gasteiger partial charge in [-0.1, -0.05) is 45.1 Å². The zero-order chi connectivity index (χ0) is 15.4. The molecule has 2 rings (SSSR count). The summed E-state index contributed by atoms with van der Waals surface area (Å²) in [7, 11) is 0. The molecular formula is C17H27N3S. The molecule has 0 atom stereocenters. The molecule has 0 unspecified atom stereocenters. The highest BCUT2D eigenvalue weighted by Gasteiger charge is 2.17. The number of thiazole rings is 1. The number of nitrogen functional groups attached to an aromatic ring is 1. The third-order valence-electron chi connectivity index (χ3n) is 3.91. The molecule has 0 saturated carbocycles. The molecule has 3 nitrogen and oxygen atoms in total. The molecule has 0 spiro atoms. The van der Waals surface area contributed by atoms with Gasteiger partial charge in [-0.25, -0.2) is 4.98 Å². The zero-order valence-electron chi connectivity index (χ0n) is 13.6. The molecule has 2 aromatic rings. The molecule has 0 aliphatic carbocycles. The molecule has 4 heteroatoms. The van der Waals surface area contributed by atoms with Crippen LogP contribution in [0.2, 0.25) is 0 Å². The van der Waals surface area contributed by atoms with Crippen LogP contribution in [0.4, 0.5) is 5.13 Å². The molecule has 0 bridgehead atoms. The predicted octanol–water partition coefficient (Wildman–Crippen LogP) is 4.53. The Labute approximate surface area is 132 Å². The van der Waals surface area contributed by atoms with E-state index in [2.05, 4.69) is 55.8 Å². The highest BCUT2D eigenvalue weighted by Crippen LogP contribution is 2.26. The van der Waals surface area contributed by atoms with Gasteiger partial charge in [-0.15, -0.1) is 0 Å². The van der Waals surface area contributed by atoms with Crippen molar-refractivity contribution in [2.75, 3.05) is 12.3 Å². The number of rotatable bonds is 7. The van der Waals surface area contributed by atoms with Crippen molar-refractivity contribution in [2.24, 2.45) is 5.92 Å². The quantitative estimate of drug-likeness (QED) is 0.817. The predicted molar refractivity (Wildman–Crippen MR) is 93.7 cm³/mol. The SMILES string of the molecule is CCC(CC)N(Cc1ccc2nc(N)sc2c1)CC(C)C. The average Bonchev–Trinajstić information content (AvgIpc) is 2.78. The largest absolute Gasteiger partial charge is 0.375 e. The topological polar surface area (TPSA) is 42.2 Å². The molecule has 0 fully saturated rings. The molecule has 2 N–H and O–H groups in total. The minimum Gasteiger partial charge on any atom is -0.375 e. The van der Waals surface area contributed by atoms with Crippen LogP contribution in [0.1, 0.15) is 46.1 Å². The van der Waals surface area contributed by atoms with E-state index in [0.717, 1.165) is 18.6 Å². The van der Waals surface area contributed by atoms with Crippen molar-refractivity contribution in [3.05, 3.63) is 23.8 Å². The lowest BCUT2D eigenvalue weighted by Gasteiger charge is -2.32. The molecule has 1 aromatic heterocycles. The van der Waals surface area contributed by atoms with Crippen molar-refractivity contribution >= 4 is 26.7 Å². The third kappa shape index (κ3) is 4.17. The van der Waals surface area contributed by atoms with E-state index in [1.165, 1.54) is 23.1 Å². The molecular weight excluding hydrogens is 278 g/mol. The standard InChI is InChI=1S/C17H27N3S/c1-5-14(6-2)20(10-12(3)4)11-13-7-8-15-16(9-13)21-17(18)19-15/h7-9,12,14H,5-6,10-11H2,1-4H3,(H2,18,19). The van der Waals surface area contributed by atoms with Gasteiger partial charge in [0.05, 0.1) is 10.2 Å². The van der Waals surface area contributed by atoms with Gasteiger partial charge < -0.3 is 5.73 Å². The minimum atomic E-state index is 0.654. The van der Waals surface area contributed by atoms with Crippen LogP contribution in [0.15, 0.2) is 18.2 Å². The summed E-state index contributed by atoms with van der Waals surface area (Å²) in [4.78, 5) is 6.95. The van der Waals surface area contributed by atoms with Crippen molar-refractivity contribution in [3.8, 4) is 0 Å². The zero-order valence-corrected chi connectivity index (χ0v) is 14.4. The maximum absolute atomic E-state index is 5.80.